The number of nitrogens with two attached hydrogens (primary N) is 1. The van der Waals surface area contributed by atoms with Crippen LogP contribution < -0.4 is 10.5 Å². The van der Waals surface area contributed by atoms with Crippen LogP contribution in [0.3, 0.4) is 0 Å². The van der Waals surface area contributed by atoms with Crippen LogP contribution in [0.15, 0.2) is 28.6 Å². The Labute approximate surface area is 117 Å². The minimum absolute atomic E-state index is 0.0141. The quantitative estimate of drug-likeness (QED) is 0.604. The molecule has 11 heteroatoms. The van der Waals surface area contributed by atoms with Gasteiger partial charge in [0.2, 0.25) is 9.47 Å². The second-order valence-corrected chi connectivity index (χ2v) is 6.60. The van der Waals surface area contributed by atoms with Gasteiger partial charge in [-0.05, 0) is 5.56 Å². The molecular weight excluding hydrogens is 306 g/mol. The molecule has 1 aromatic heterocycles. The molecule has 0 saturated heterocycles. The molecular formula is C9H9N5O4S2. The Morgan fingerprint density at radius 1 is 1.30 bits per heavy atom. The van der Waals surface area contributed by atoms with E-state index in [1.807, 2.05) is 0 Å². The van der Waals surface area contributed by atoms with Gasteiger partial charge in [-0.15, -0.1) is 10.2 Å². The van der Waals surface area contributed by atoms with Gasteiger partial charge in [-0.2, -0.15) is 0 Å². The fourth-order valence-electron chi connectivity index (χ4n) is 1.30. The molecule has 3 N–H and O–H groups in total. The molecule has 0 aliphatic heterocycles. The van der Waals surface area contributed by atoms with Crippen molar-refractivity contribution < 1.29 is 13.3 Å². The first kappa shape index (κ1) is 14.3. The number of nitro groups is 1. The summed E-state index contributed by atoms with van der Waals surface area (Å²) >= 11 is 0.752. The van der Waals surface area contributed by atoms with E-state index >= 15 is 0 Å². The van der Waals surface area contributed by atoms with Crippen LogP contribution in [0, 0.1) is 10.1 Å². The van der Waals surface area contributed by atoms with Crippen LogP contribution in [0.5, 0.6) is 0 Å². The van der Waals surface area contributed by atoms with Crippen molar-refractivity contribution in [2.75, 3.05) is 5.73 Å². The van der Waals surface area contributed by atoms with Crippen molar-refractivity contribution >= 4 is 32.2 Å². The van der Waals surface area contributed by atoms with Gasteiger partial charge < -0.3 is 5.73 Å². The standard InChI is InChI=1S/C9H9N5O4S2/c10-8-12-13-9(19-8)20(17,18)11-5-6-1-3-7(4-2-6)14(15)16/h1-4,11H,5H2,(H2,10,12). The van der Waals surface area contributed by atoms with E-state index < -0.39 is 14.9 Å². The SMILES string of the molecule is Nc1nnc(S(=O)(=O)NCc2ccc([N+](=O)[O-])cc2)s1. The van der Waals surface area contributed by atoms with Crippen LogP contribution in [-0.4, -0.2) is 23.5 Å². The summed E-state index contributed by atoms with van der Waals surface area (Å²) in [5, 5.41) is 17.4. The summed E-state index contributed by atoms with van der Waals surface area (Å²) in [6.07, 6.45) is 0. The minimum atomic E-state index is -3.78. The molecule has 9 nitrogen and oxygen atoms in total. The van der Waals surface area contributed by atoms with Gasteiger partial charge >= 0.3 is 0 Å². The number of nitrogen functional groups attached to an aromatic ring is 1. The molecule has 0 fully saturated rings. The number of benzene rings is 1. The molecule has 0 saturated carbocycles. The lowest BCUT2D eigenvalue weighted by atomic mass is 10.2. The van der Waals surface area contributed by atoms with E-state index in [1.165, 1.54) is 24.3 Å². The van der Waals surface area contributed by atoms with Crippen LogP contribution in [0.25, 0.3) is 0 Å². The summed E-state index contributed by atoms with van der Waals surface area (Å²) in [4.78, 5) is 9.96. The summed E-state index contributed by atoms with van der Waals surface area (Å²) in [7, 11) is -3.78. The molecule has 0 amide bonds. The van der Waals surface area contributed by atoms with E-state index in [9.17, 15) is 18.5 Å². The highest BCUT2D eigenvalue weighted by Crippen LogP contribution is 2.17. The van der Waals surface area contributed by atoms with Gasteiger partial charge in [0.1, 0.15) is 0 Å². The van der Waals surface area contributed by atoms with Crippen molar-refractivity contribution in [3.8, 4) is 0 Å². The van der Waals surface area contributed by atoms with Crippen molar-refractivity contribution in [1.82, 2.24) is 14.9 Å². The van der Waals surface area contributed by atoms with E-state index in [0.717, 1.165) is 11.3 Å². The lowest BCUT2D eigenvalue weighted by molar-refractivity contribution is -0.384. The first-order chi connectivity index (χ1) is 9.38. The number of non-ortho nitro benzene ring substituents is 1. The van der Waals surface area contributed by atoms with Crippen molar-refractivity contribution in [2.24, 2.45) is 0 Å². The van der Waals surface area contributed by atoms with E-state index in [2.05, 4.69) is 14.9 Å². The molecule has 2 rings (SSSR count). The number of nitro benzene ring substituents is 1. The Morgan fingerprint density at radius 2 is 1.95 bits per heavy atom. The first-order valence-electron chi connectivity index (χ1n) is 5.20. The Balaban J connectivity index is 2.06. The fraction of sp³-hybridized carbons (Fsp3) is 0.111. The zero-order valence-electron chi connectivity index (χ0n) is 9.88. The van der Waals surface area contributed by atoms with Crippen molar-refractivity contribution in [1.29, 1.82) is 0 Å². The van der Waals surface area contributed by atoms with E-state index in [-0.39, 0.29) is 21.7 Å². The third kappa shape index (κ3) is 3.26. The maximum atomic E-state index is 11.8. The second kappa shape index (κ2) is 5.48. The highest BCUT2D eigenvalue weighted by atomic mass is 32.2. The Hall–Kier alpha value is -2.11. The highest BCUT2D eigenvalue weighted by Gasteiger charge is 2.19. The maximum Gasteiger partial charge on any atom is 0.270 e. The largest absolute Gasteiger partial charge is 0.374 e. The molecule has 1 heterocycles. The molecule has 0 unspecified atom stereocenters. The number of anilines is 1. The van der Waals surface area contributed by atoms with Gasteiger partial charge in [-0.3, -0.25) is 10.1 Å². The average molecular weight is 315 g/mol. The number of aromatic nitrogens is 2. The molecule has 0 radical (unpaired) electrons. The van der Waals surface area contributed by atoms with E-state index in [1.54, 1.807) is 0 Å². The van der Waals surface area contributed by atoms with Crippen molar-refractivity contribution in [2.45, 2.75) is 10.9 Å². The van der Waals surface area contributed by atoms with Gasteiger partial charge in [0.05, 0.1) is 4.92 Å². The molecule has 0 atom stereocenters. The zero-order valence-corrected chi connectivity index (χ0v) is 11.5. The number of nitrogens with zero attached hydrogens (tertiary/aromatic N) is 3. The van der Waals surface area contributed by atoms with E-state index in [0.29, 0.717) is 5.56 Å². The van der Waals surface area contributed by atoms with E-state index in [4.69, 9.17) is 5.73 Å². The van der Waals surface area contributed by atoms with Crippen LogP contribution in [0.2, 0.25) is 0 Å². The molecule has 1 aromatic carbocycles. The molecule has 0 bridgehead atoms. The topological polar surface area (TPSA) is 141 Å². The third-order valence-electron chi connectivity index (χ3n) is 2.27. The first-order valence-corrected chi connectivity index (χ1v) is 7.50. The molecule has 20 heavy (non-hydrogen) atoms. The lowest BCUT2D eigenvalue weighted by Crippen LogP contribution is -2.23. The normalized spacial score (nSPS) is 11.4. The van der Waals surface area contributed by atoms with Crippen molar-refractivity contribution in [3.05, 3.63) is 39.9 Å². The van der Waals surface area contributed by atoms with Gasteiger partial charge in [0.25, 0.3) is 15.7 Å². The molecule has 0 aliphatic rings. The maximum absolute atomic E-state index is 11.8. The highest BCUT2D eigenvalue weighted by molar-refractivity contribution is 7.91. The molecule has 0 aliphatic carbocycles. The number of hydrogen-bond acceptors (Lipinski definition) is 8. The van der Waals surface area contributed by atoms with Crippen LogP contribution in [-0.2, 0) is 16.6 Å². The number of sulfonamides is 1. The molecule has 2 aromatic rings. The zero-order chi connectivity index (χ0) is 14.8. The lowest BCUT2D eigenvalue weighted by Gasteiger charge is -2.03. The Morgan fingerprint density at radius 3 is 2.45 bits per heavy atom. The Kier molecular flexibility index (Phi) is 3.92. The summed E-state index contributed by atoms with van der Waals surface area (Å²) < 4.78 is 25.7. The van der Waals surface area contributed by atoms with Gasteiger partial charge in [-0.1, -0.05) is 23.5 Å². The minimum Gasteiger partial charge on any atom is -0.374 e. The number of rotatable bonds is 5. The average Bonchev–Trinajstić information content (AvgIpc) is 2.84. The van der Waals surface area contributed by atoms with Gasteiger partial charge in [0.15, 0.2) is 0 Å². The predicted octanol–water partition coefficient (Wildman–Crippen LogP) is 0.507. The van der Waals surface area contributed by atoms with Crippen LogP contribution >= 0.6 is 11.3 Å². The summed E-state index contributed by atoms with van der Waals surface area (Å²) in [6, 6.07) is 5.53. The number of nitrogens with one attached hydrogen (secondary N) is 1. The van der Waals surface area contributed by atoms with Gasteiger partial charge in [-0.25, -0.2) is 13.1 Å². The van der Waals surface area contributed by atoms with Crippen LogP contribution in [0.4, 0.5) is 10.8 Å². The molecule has 0 spiro atoms. The Bertz CT molecular complexity index is 725. The third-order valence-corrected chi connectivity index (χ3v) is 4.79. The smallest absolute Gasteiger partial charge is 0.270 e. The predicted molar refractivity (Wildman–Crippen MR) is 71.4 cm³/mol. The summed E-state index contributed by atoms with van der Waals surface area (Å²) in [5.41, 5.74) is 5.84. The molecule has 106 valence electrons. The van der Waals surface area contributed by atoms with Crippen molar-refractivity contribution in [3.63, 3.8) is 0 Å². The summed E-state index contributed by atoms with van der Waals surface area (Å²) in [5.74, 6) is 0. The summed E-state index contributed by atoms with van der Waals surface area (Å²) in [6.45, 7) is -0.0141. The van der Waals surface area contributed by atoms with Crippen LogP contribution in [0.1, 0.15) is 5.56 Å². The fourth-order valence-corrected chi connectivity index (χ4v) is 3.15. The van der Waals surface area contributed by atoms with Gasteiger partial charge in [0, 0.05) is 18.7 Å². The second-order valence-electron chi connectivity index (χ2n) is 3.65. The number of hydrogen-bond donors (Lipinski definition) is 2. The monoisotopic (exact) mass is 315 g/mol.